The molecule has 4 amide bonds. The van der Waals surface area contributed by atoms with E-state index in [0.29, 0.717) is 31.2 Å². The van der Waals surface area contributed by atoms with Gasteiger partial charge in [-0.2, -0.15) is 0 Å². The number of carbonyl (C=O) groups is 5. The molecule has 44 heavy (non-hydrogen) atoms. The van der Waals surface area contributed by atoms with Crippen molar-refractivity contribution in [2.24, 2.45) is 28.9 Å². The third kappa shape index (κ3) is 11.4. The van der Waals surface area contributed by atoms with E-state index in [9.17, 15) is 24.0 Å². The number of hydrogen-bond acceptors (Lipinski definition) is 6. The van der Waals surface area contributed by atoms with E-state index in [1.54, 1.807) is 25.7 Å². The predicted molar refractivity (Wildman–Crippen MR) is 171 cm³/mol. The van der Waals surface area contributed by atoms with Crippen LogP contribution in [0.1, 0.15) is 132 Å². The summed E-state index contributed by atoms with van der Waals surface area (Å²) in [7, 11) is 0. The summed E-state index contributed by atoms with van der Waals surface area (Å²) in [5.74, 6) is -1.54. The van der Waals surface area contributed by atoms with E-state index in [-0.39, 0.29) is 11.8 Å². The minimum Gasteiger partial charge on any atom is -0.444 e. The highest BCUT2D eigenvalue weighted by Gasteiger charge is 2.41. The first-order valence-electron chi connectivity index (χ1n) is 16.9. The summed E-state index contributed by atoms with van der Waals surface area (Å²) in [6.45, 7) is 15.2. The lowest BCUT2D eigenvalue weighted by Crippen LogP contribution is -2.61. The molecule has 0 saturated heterocycles. The first-order valence-corrected chi connectivity index (χ1v) is 16.9. The van der Waals surface area contributed by atoms with E-state index in [4.69, 9.17) is 10.5 Å². The highest BCUT2D eigenvalue weighted by molar-refractivity contribution is 6.37. The monoisotopic (exact) mass is 620 g/mol. The zero-order chi connectivity index (χ0) is 33.2. The summed E-state index contributed by atoms with van der Waals surface area (Å²) >= 11 is 0. The second-order valence-corrected chi connectivity index (χ2v) is 15.1. The quantitative estimate of drug-likeness (QED) is 0.213. The summed E-state index contributed by atoms with van der Waals surface area (Å²) in [6.07, 6.45) is 10.6. The summed E-state index contributed by atoms with van der Waals surface area (Å²) in [5.41, 5.74) is 3.91. The predicted octanol–water partition coefficient (Wildman–Crippen LogP) is 5.26. The lowest BCUT2D eigenvalue weighted by atomic mass is 9.77. The van der Waals surface area contributed by atoms with Crippen molar-refractivity contribution in [3.8, 4) is 0 Å². The zero-order valence-corrected chi connectivity index (χ0v) is 28.6. The van der Waals surface area contributed by atoms with Gasteiger partial charge in [0, 0.05) is 6.54 Å². The molecule has 252 valence electrons. The van der Waals surface area contributed by atoms with E-state index in [1.165, 1.54) is 32.1 Å². The van der Waals surface area contributed by atoms with E-state index < -0.39 is 52.8 Å². The van der Waals surface area contributed by atoms with Crippen molar-refractivity contribution in [1.82, 2.24) is 15.5 Å². The van der Waals surface area contributed by atoms with Crippen LogP contribution in [0.3, 0.4) is 0 Å². The summed E-state index contributed by atoms with van der Waals surface area (Å²) in [6, 6.07) is -2.89. The molecule has 0 aromatic heterocycles. The van der Waals surface area contributed by atoms with Crippen molar-refractivity contribution in [2.45, 2.75) is 156 Å². The number of alkyl carbamates (subject to hydrolysis) is 1. The minimum absolute atomic E-state index is 0.241. The third-order valence-electron chi connectivity index (χ3n) is 9.37. The molecule has 2 saturated carbocycles. The molecule has 2 aliphatic carbocycles. The lowest BCUT2D eigenvalue weighted by Gasteiger charge is -2.40. The second kappa shape index (κ2) is 16.6. The molecule has 0 heterocycles. The standard InChI is InChI=1S/C34H60N4O6/c1-9-23(24-17-12-11-13-18-24)19-20-38(31(42)28(33(3,4)5)37-32(43)44-34(6,7)8)26(10-2)30(41)36-25(27(39)29(35)40)21-22-15-14-16-22/h22-26,28H,9-21H2,1-8H3,(H2,35,40)(H,36,41)(H,37,43)/t23-,25?,26?,28+/m0/s1. The average molecular weight is 621 g/mol. The summed E-state index contributed by atoms with van der Waals surface area (Å²) in [4.78, 5) is 67.5. The molecule has 10 heteroatoms. The van der Waals surface area contributed by atoms with Crippen molar-refractivity contribution in [3.05, 3.63) is 0 Å². The summed E-state index contributed by atoms with van der Waals surface area (Å²) in [5, 5.41) is 5.60. The molecule has 0 bridgehead atoms. The number of primary amides is 1. The maximum atomic E-state index is 14.5. The van der Waals surface area contributed by atoms with E-state index in [1.807, 2.05) is 27.7 Å². The van der Waals surface area contributed by atoms with Crippen molar-refractivity contribution in [2.75, 3.05) is 6.54 Å². The Bertz CT molecular complexity index is 991. The van der Waals surface area contributed by atoms with E-state index in [2.05, 4.69) is 17.6 Å². The number of Topliss-reactive ketones (excluding diaryl/α,β-unsaturated/α-hetero) is 1. The zero-order valence-electron chi connectivity index (χ0n) is 28.6. The van der Waals surface area contributed by atoms with Gasteiger partial charge in [-0.1, -0.05) is 92.4 Å². The molecule has 0 aliphatic heterocycles. The second-order valence-electron chi connectivity index (χ2n) is 15.1. The van der Waals surface area contributed by atoms with Gasteiger partial charge in [-0.3, -0.25) is 19.2 Å². The van der Waals surface area contributed by atoms with E-state index >= 15 is 0 Å². The van der Waals surface area contributed by atoms with Crippen molar-refractivity contribution in [3.63, 3.8) is 0 Å². The molecule has 2 fully saturated rings. The molecule has 0 radical (unpaired) electrons. The fourth-order valence-corrected chi connectivity index (χ4v) is 6.62. The molecule has 0 aromatic carbocycles. The van der Waals surface area contributed by atoms with Crippen LogP contribution in [-0.4, -0.2) is 64.8 Å². The van der Waals surface area contributed by atoms with Gasteiger partial charge in [0.1, 0.15) is 17.7 Å². The molecule has 2 unspecified atom stereocenters. The molecule has 2 aliphatic rings. The number of hydrogen-bond donors (Lipinski definition) is 3. The number of nitrogens with one attached hydrogen (secondary N) is 2. The Morgan fingerprint density at radius 3 is 1.93 bits per heavy atom. The van der Waals surface area contributed by atoms with Gasteiger partial charge >= 0.3 is 6.09 Å². The Morgan fingerprint density at radius 1 is 0.864 bits per heavy atom. The van der Waals surface area contributed by atoms with Gasteiger partial charge in [-0.25, -0.2) is 4.79 Å². The number of carbonyl (C=O) groups excluding carboxylic acids is 5. The van der Waals surface area contributed by atoms with Crippen LogP contribution >= 0.6 is 0 Å². The van der Waals surface area contributed by atoms with Crippen LogP contribution in [0, 0.1) is 23.2 Å². The van der Waals surface area contributed by atoms with E-state index in [0.717, 1.165) is 32.1 Å². The normalized spacial score (nSPS) is 19.1. The molecule has 4 N–H and O–H groups in total. The Hall–Kier alpha value is -2.65. The first-order chi connectivity index (χ1) is 20.5. The SMILES string of the molecule is CCC(C(=O)NC(CC1CCC1)C(=O)C(N)=O)N(CC[C@H](CC)C1CCCCC1)C(=O)[C@@H](NC(=O)OC(C)(C)C)C(C)(C)C. The Balaban J connectivity index is 2.41. The fraction of sp³-hybridized carbons (Fsp3) is 0.853. The Kier molecular flexibility index (Phi) is 14.2. The van der Waals surface area contributed by atoms with Crippen LogP contribution in [0.2, 0.25) is 0 Å². The molecule has 0 aromatic rings. The number of ether oxygens (including phenoxy) is 1. The molecule has 0 spiro atoms. The largest absolute Gasteiger partial charge is 0.444 e. The topological polar surface area (TPSA) is 148 Å². The average Bonchev–Trinajstić information content (AvgIpc) is 2.90. The number of nitrogens with zero attached hydrogens (tertiary/aromatic N) is 1. The summed E-state index contributed by atoms with van der Waals surface area (Å²) < 4.78 is 5.50. The Morgan fingerprint density at radius 2 is 1.48 bits per heavy atom. The van der Waals surface area contributed by atoms with Crippen LogP contribution in [0.25, 0.3) is 0 Å². The van der Waals surface area contributed by atoms with Crippen LogP contribution in [0.15, 0.2) is 0 Å². The van der Waals surface area contributed by atoms with Gasteiger partial charge in [-0.15, -0.1) is 0 Å². The van der Waals surface area contributed by atoms with Gasteiger partial charge < -0.3 is 26.0 Å². The molecule has 4 atom stereocenters. The highest BCUT2D eigenvalue weighted by Crippen LogP contribution is 2.34. The number of amides is 4. The Labute approximate surface area is 265 Å². The number of nitrogens with two attached hydrogens (primary N) is 1. The van der Waals surface area contributed by atoms with Gasteiger partial charge in [0.2, 0.25) is 17.6 Å². The van der Waals surface area contributed by atoms with Crippen LogP contribution in [0.5, 0.6) is 0 Å². The lowest BCUT2D eigenvalue weighted by molar-refractivity contribution is -0.146. The molecule has 2 rings (SSSR count). The molecular formula is C34H60N4O6. The number of rotatable bonds is 15. The van der Waals surface area contributed by atoms with Crippen molar-refractivity contribution in [1.29, 1.82) is 0 Å². The first kappa shape index (κ1) is 37.5. The van der Waals surface area contributed by atoms with Crippen molar-refractivity contribution >= 4 is 29.6 Å². The smallest absolute Gasteiger partial charge is 0.408 e. The van der Waals surface area contributed by atoms with Gasteiger partial charge in [0.15, 0.2) is 0 Å². The van der Waals surface area contributed by atoms with Crippen LogP contribution < -0.4 is 16.4 Å². The maximum Gasteiger partial charge on any atom is 0.408 e. The number of ketones is 1. The molecular weight excluding hydrogens is 560 g/mol. The van der Waals surface area contributed by atoms with Crippen LogP contribution in [-0.2, 0) is 23.9 Å². The maximum absolute atomic E-state index is 14.5. The van der Waals surface area contributed by atoms with Gasteiger partial charge in [0.25, 0.3) is 5.91 Å². The highest BCUT2D eigenvalue weighted by atomic mass is 16.6. The van der Waals surface area contributed by atoms with Gasteiger partial charge in [-0.05, 0) is 63.2 Å². The van der Waals surface area contributed by atoms with Crippen molar-refractivity contribution < 1.29 is 28.7 Å². The third-order valence-corrected chi connectivity index (χ3v) is 9.37. The molecule has 10 nitrogen and oxygen atoms in total. The van der Waals surface area contributed by atoms with Gasteiger partial charge in [0.05, 0.1) is 6.04 Å². The minimum atomic E-state index is -1.08. The fourth-order valence-electron chi connectivity index (χ4n) is 6.62. The van der Waals surface area contributed by atoms with Crippen LogP contribution in [0.4, 0.5) is 4.79 Å².